The summed E-state index contributed by atoms with van der Waals surface area (Å²) in [6.07, 6.45) is 0.550. The highest BCUT2D eigenvalue weighted by Crippen LogP contribution is 2.17. The van der Waals surface area contributed by atoms with E-state index in [1.54, 1.807) is 19.9 Å². The average molecular weight is 287 g/mol. The minimum Gasteiger partial charge on any atom is -0.490 e. The van der Waals surface area contributed by atoms with Gasteiger partial charge < -0.3 is 9.84 Å². The van der Waals surface area contributed by atoms with Gasteiger partial charge in [-0.25, -0.2) is 18.2 Å². The third-order valence-corrected chi connectivity index (χ3v) is 4.19. The fourth-order valence-corrected chi connectivity index (χ4v) is 2.67. The number of hydrogen-bond acceptors (Lipinski definition) is 5. The number of pyridine rings is 1. The lowest BCUT2D eigenvalue weighted by Gasteiger charge is -2.09. The summed E-state index contributed by atoms with van der Waals surface area (Å²) < 4.78 is 28.2. The number of rotatable bonds is 7. The molecule has 0 unspecified atom stereocenters. The van der Waals surface area contributed by atoms with Crippen LogP contribution < -0.4 is 4.74 Å². The molecule has 0 aliphatic rings. The molecule has 0 aliphatic carbocycles. The minimum absolute atomic E-state index is 0.0760. The fourth-order valence-electron chi connectivity index (χ4n) is 1.51. The van der Waals surface area contributed by atoms with Crippen LogP contribution in [0.4, 0.5) is 0 Å². The summed E-state index contributed by atoms with van der Waals surface area (Å²) in [6, 6.07) is 3.10. The van der Waals surface area contributed by atoms with Crippen LogP contribution in [0.2, 0.25) is 0 Å². The van der Waals surface area contributed by atoms with Crippen LogP contribution in [0.1, 0.15) is 29.5 Å². The van der Waals surface area contributed by atoms with Gasteiger partial charge in [0.2, 0.25) is 0 Å². The van der Waals surface area contributed by atoms with E-state index in [0.717, 1.165) is 0 Å². The molecule has 0 saturated carbocycles. The monoisotopic (exact) mass is 287 g/mol. The second kappa shape index (κ2) is 6.51. The van der Waals surface area contributed by atoms with Crippen molar-refractivity contribution in [1.29, 1.82) is 0 Å². The number of nitrogens with zero attached hydrogens (tertiary/aromatic N) is 1. The van der Waals surface area contributed by atoms with Gasteiger partial charge in [0, 0.05) is 5.69 Å². The summed E-state index contributed by atoms with van der Waals surface area (Å²) in [6.45, 7) is 3.38. The van der Waals surface area contributed by atoms with Crippen molar-refractivity contribution in [2.24, 2.45) is 0 Å². The van der Waals surface area contributed by atoms with Crippen molar-refractivity contribution in [3.63, 3.8) is 0 Å². The van der Waals surface area contributed by atoms with Gasteiger partial charge >= 0.3 is 5.97 Å². The molecule has 0 atom stereocenters. The van der Waals surface area contributed by atoms with Crippen molar-refractivity contribution in [2.45, 2.75) is 20.3 Å². The smallest absolute Gasteiger partial charge is 0.358 e. The van der Waals surface area contributed by atoms with Crippen LogP contribution in [0.5, 0.6) is 5.75 Å². The molecule has 1 aromatic rings. The Hall–Kier alpha value is -1.63. The molecule has 1 N–H and O–H groups in total. The van der Waals surface area contributed by atoms with Crippen LogP contribution in [0.25, 0.3) is 0 Å². The molecule has 0 amide bonds. The molecule has 0 spiro atoms. The molecule has 19 heavy (non-hydrogen) atoms. The maximum Gasteiger partial charge on any atom is 0.358 e. The maximum absolute atomic E-state index is 11.5. The summed E-state index contributed by atoms with van der Waals surface area (Å²) in [4.78, 5) is 14.8. The molecule has 1 aromatic heterocycles. The predicted molar refractivity (Wildman–Crippen MR) is 70.4 cm³/mol. The first-order valence-corrected chi connectivity index (χ1v) is 7.72. The third kappa shape index (κ3) is 4.86. The standard InChI is InChI=1S/C12H17NO5S/c1-3-7-19(16,17)8-6-18-10-5-4-9(2)13-11(10)12(14)15/h4-5H,3,6-8H2,1-2H3,(H,14,15). The van der Waals surface area contributed by atoms with Crippen molar-refractivity contribution in [3.05, 3.63) is 23.5 Å². The number of aryl methyl sites for hydroxylation is 1. The molecule has 0 aliphatic heterocycles. The molecule has 0 saturated heterocycles. The third-order valence-electron chi connectivity index (χ3n) is 2.37. The van der Waals surface area contributed by atoms with E-state index in [1.807, 2.05) is 0 Å². The van der Waals surface area contributed by atoms with Crippen molar-refractivity contribution < 1.29 is 23.1 Å². The molecule has 7 heteroatoms. The molecular formula is C12H17NO5S. The van der Waals surface area contributed by atoms with Crippen LogP contribution in [0, 0.1) is 6.92 Å². The van der Waals surface area contributed by atoms with Gasteiger partial charge in [-0.2, -0.15) is 0 Å². The zero-order valence-electron chi connectivity index (χ0n) is 10.9. The minimum atomic E-state index is -3.14. The number of carboxylic acids is 1. The second-order valence-corrected chi connectivity index (χ2v) is 6.41. The number of carbonyl (C=O) groups is 1. The Labute approximate surface area is 112 Å². The summed E-state index contributed by atoms with van der Waals surface area (Å²) in [5.41, 5.74) is 0.358. The van der Waals surface area contributed by atoms with Crippen LogP contribution >= 0.6 is 0 Å². The number of carboxylic acid groups (broad SMARTS) is 1. The van der Waals surface area contributed by atoms with E-state index in [-0.39, 0.29) is 29.6 Å². The number of aromatic carboxylic acids is 1. The van der Waals surface area contributed by atoms with Crippen molar-refractivity contribution in [1.82, 2.24) is 4.98 Å². The molecule has 1 rings (SSSR count). The van der Waals surface area contributed by atoms with E-state index in [1.165, 1.54) is 6.07 Å². The van der Waals surface area contributed by atoms with Gasteiger partial charge in [0.05, 0.1) is 11.5 Å². The average Bonchev–Trinajstić information content (AvgIpc) is 2.30. The van der Waals surface area contributed by atoms with Crippen LogP contribution in [0.15, 0.2) is 12.1 Å². The van der Waals surface area contributed by atoms with E-state index in [2.05, 4.69) is 4.98 Å². The van der Waals surface area contributed by atoms with Gasteiger partial charge in [-0.15, -0.1) is 0 Å². The van der Waals surface area contributed by atoms with Crippen molar-refractivity contribution in [2.75, 3.05) is 18.1 Å². The van der Waals surface area contributed by atoms with E-state index >= 15 is 0 Å². The topological polar surface area (TPSA) is 93.6 Å². The Morgan fingerprint density at radius 2 is 2.05 bits per heavy atom. The normalized spacial score (nSPS) is 11.3. The van der Waals surface area contributed by atoms with Gasteiger partial charge in [0.25, 0.3) is 0 Å². The largest absolute Gasteiger partial charge is 0.490 e. The molecule has 0 aromatic carbocycles. The molecule has 0 radical (unpaired) electrons. The van der Waals surface area contributed by atoms with E-state index in [4.69, 9.17) is 9.84 Å². The summed E-state index contributed by atoms with van der Waals surface area (Å²) in [5.74, 6) is -1.14. The Bertz CT molecular complexity index is 553. The Kier molecular flexibility index (Phi) is 5.29. The van der Waals surface area contributed by atoms with Gasteiger partial charge in [0.1, 0.15) is 6.61 Å². The molecular weight excluding hydrogens is 270 g/mol. The Morgan fingerprint density at radius 1 is 1.37 bits per heavy atom. The second-order valence-electron chi connectivity index (χ2n) is 4.10. The molecule has 0 bridgehead atoms. The Morgan fingerprint density at radius 3 is 2.63 bits per heavy atom. The highest BCUT2D eigenvalue weighted by atomic mass is 32.2. The highest BCUT2D eigenvalue weighted by molar-refractivity contribution is 7.91. The Balaban J connectivity index is 2.71. The van der Waals surface area contributed by atoms with Crippen molar-refractivity contribution in [3.8, 4) is 5.75 Å². The first-order valence-electron chi connectivity index (χ1n) is 5.90. The first kappa shape index (κ1) is 15.4. The maximum atomic E-state index is 11.5. The zero-order valence-corrected chi connectivity index (χ0v) is 11.7. The van der Waals surface area contributed by atoms with Crippen LogP contribution in [-0.2, 0) is 9.84 Å². The van der Waals surface area contributed by atoms with E-state index in [9.17, 15) is 13.2 Å². The summed E-state index contributed by atoms with van der Waals surface area (Å²) >= 11 is 0. The summed E-state index contributed by atoms with van der Waals surface area (Å²) in [7, 11) is -3.14. The quantitative estimate of drug-likeness (QED) is 0.812. The van der Waals surface area contributed by atoms with Crippen molar-refractivity contribution >= 4 is 15.8 Å². The van der Waals surface area contributed by atoms with Crippen LogP contribution in [0.3, 0.4) is 0 Å². The number of aromatic nitrogens is 1. The number of ether oxygens (including phenoxy) is 1. The lowest BCUT2D eigenvalue weighted by atomic mass is 10.3. The van der Waals surface area contributed by atoms with E-state index < -0.39 is 15.8 Å². The molecule has 106 valence electrons. The van der Waals surface area contributed by atoms with Gasteiger partial charge in [-0.3, -0.25) is 0 Å². The van der Waals surface area contributed by atoms with Gasteiger partial charge in [0.15, 0.2) is 21.3 Å². The summed E-state index contributed by atoms with van der Waals surface area (Å²) in [5, 5.41) is 8.97. The first-order chi connectivity index (χ1) is 8.85. The lowest BCUT2D eigenvalue weighted by Crippen LogP contribution is -2.18. The number of sulfone groups is 1. The SMILES string of the molecule is CCCS(=O)(=O)CCOc1ccc(C)nc1C(=O)O. The fraction of sp³-hybridized carbons (Fsp3) is 0.500. The van der Waals surface area contributed by atoms with Crippen LogP contribution in [-0.4, -0.2) is 42.6 Å². The van der Waals surface area contributed by atoms with Gasteiger partial charge in [-0.05, 0) is 25.5 Å². The zero-order chi connectivity index (χ0) is 14.5. The predicted octanol–water partition coefficient (Wildman–Crippen LogP) is 1.29. The molecule has 1 heterocycles. The molecule has 6 nitrogen and oxygen atoms in total. The van der Waals surface area contributed by atoms with Gasteiger partial charge in [-0.1, -0.05) is 6.92 Å². The lowest BCUT2D eigenvalue weighted by molar-refractivity contribution is 0.0685. The highest BCUT2D eigenvalue weighted by Gasteiger charge is 2.15. The van der Waals surface area contributed by atoms with E-state index in [0.29, 0.717) is 12.1 Å². The molecule has 0 fully saturated rings. The number of hydrogen-bond donors (Lipinski definition) is 1.